The van der Waals surface area contributed by atoms with Crippen LogP contribution in [-0.2, 0) is 6.42 Å². The zero-order valence-corrected chi connectivity index (χ0v) is 13.5. The molecule has 2 rings (SSSR count). The summed E-state index contributed by atoms with van der Waals surface area (Å²) >= 11 is 6.76. The molecule has 2 aromatic carbocycles. The second-order valence-electron chi connectivity index (χ2n) is 4.06. The van der Waals surface area contributed by atoms with Crippen LogP contribution in [-0.4, -0.2) is 12.9 Å². The average Bonchev–Trinajstić information content (AvgIpc) is 2.39. The van der Waals surface area contributed by atoms with Crippen molar-refractivity contribution >= 4 is 37.6 Å². The largest absolute Gasteiger partial charge is 0.496 e. The maximum Gasteiger partial charge on any atom is 0.167 e. The van der Waals surface area contributed by atoms with Gasteiger partial charge in [-0.15, -0.1) is 0 Å². The van der Waals surface area contributed by atoms with E-state index in [1.807, 2.05) is 42.5 Å². The Morgan fingerprint density at radius 1 is 1.05 bits per heavy atom. The molecule has 0 N–H and O–H groups in total. The Bertz CT molecular complexity index is 592. The van der Waals surface area contributed by atoms with Crippen molar-refractivity contribution in [3.8, 4) is 5.75 Å². The molecule has 0 bridgehead atoms. The molecule has 0 aromatic heterocycles. The fraction of sp³-hybridized carbons (Fsp3) is 0.133. The molecule has 0 amide bonds. The van der Waals surface area contributed by atoms with Crippen molar-refractivity contribution in [3.63, 3.8) is 0 Å². The normalized spacial score (nSPS) is 10.3. The zero-order valence-electron chi connectivity index (χ0n) is 10.3. The highest BCUT2D eigenvalue weighted by atomic mass is 79.9. The Kier molecular flexibility index (Phi) is 4.77. The van der Waals surface area contributed by atoms with Gasteiger partial charge in [0.05, 0.1) is 7.11 Å². The number of benzene rings is 2. The van der Waals surface area contributed by atoms with Gasteiger partial charge in [-0.05, 0) is 30.3 Å². The summed E-state index contributed by atoms with van der Waals surface area (Å²) in [4.78, 5) is 12.2. The number of carbonyl (C=O) groups excluding carboxylic acids is 1. The third-order valence-corrected chi connectivity index (χ3v) is 3.78. The number of methoxy groups -OCH3 is 1. The first-order chi connectivity index (χ1) is 9.10. The summed E-state index contributed by atoms with van der Waals surface area (Å²) in [6.45, 7) is 0. The quantitative estimate of drug-likeness (QED) is 0.718. The molecule has 0 saturated carbocycles. The molecule has 0 aliphatic carbocycles. The lowest BCUT2D eigenvalue weighted by Crippen LogP contribution is -2.05. The number of Topliss-reactive ketones (excluding diaryl/α,β-unsaturated/α-hetero) is 1. The number of ketones is 1. The Balaban J connectivity index is 2.23. The molecule has 19 heavy (non-hydrogen) atoms. The first-order valence-corrected chi connectivity index (χ1v) is 7.30. The van der Waals surface area contributed by atoms with Gasteiger partial charge in [-0.1, -0.05) is 44.0 Å². The standard InChI is InChI=1S/C15H12Br2O2/c1-19-15-7-6-13(17)8-11(15)9-14(18)10-2-4-12(16)5-3-10/h2-8H,9H2,1H3. The zero-order chi connectivity index (χ0) is 13.8. The number of carbonyl (C=O) groups is 1. The van der Waals surface area contributed by atoms with E-state index in [0.717, 1.165) is 20.3 Å². The maximum absolute atomic E-state index is 12.2. The second kappa shape index (κ2) is 6.35. The molecule has 0 aliphatic rings. The summed E-state index contributed by atoms with van der Waals surface area (Å²) in [6.07, 6.45) is 0.324. The smallest absolute Gasteiger partial charge is 0.167 e. The maximum atomic E-state index is 12.2. The second-order valence-corrected chi connectivity index (χ2v) is 5.89. The van der Waals surface area contributed by atoms with E-state index in [1.54, 1.807) is 7.11 Å². The average molecular weight is 384 g/mol. The third-order valence-electron chi connectivity index (χ3n) is 2.76. The molecule has 0 spiro atoms. The molecule has 2 nitrogen and oxygen atoms in total. The number of rotatable bonds is 4. The van der Waals surface area contributed by atoms with Crippen LogP contribution >= 0.6 is 31.9 Å². The van der Waals surface area contributed by atoms with Crippen LogP contribution in [0.25, 0.3) is 0 Å². The molecule has 2 aromatic rings. The molecule has 0 atom stereocenters. The summed E-state index contributed by atoms with van der Waals surface area (Å²) in [5.74, 6) is 0.803. The molecule has 0 radical (unpaired) electrons. The minimum absolute atomic E-state index is 0.0731. The van der Waals surface area contributed by atoms with Gasteiger partial charge in [0, 0.05) is 26.5 Å². The van der Waals surface area contributed by atoms with Gasteiger partial charge in [-0.3, -0.25) is 4.79 Å². The van der Waals surface area contributed by atoms with Gasteiger partial charge in [0.15, 0.2) is 5.78 Å². The number of ether oxygens (including phenoxy) is 1. The van der Waals surface area contributed by atoms with Gasteiger partial charge in [0.2, 0.25) is 0 Å². The van der Waals surface area contributed by atoms with Crippen molar-refractivity contribution in [1.82, 2.24) is 0 Å². The van der Waals surface area contributed by atoms with Crippen LogP contribution in [0, 0.1) is 0 Å². The highest BCUT2D eigenvalue weighted by Gasteiger charge is 2.11. The summed E-state index contributed by atoms with van der Waals surface area (Å²) < 4.78 is 7.17. The van der Waals surface area contributed by atoms with Gasteiger partial charge in [0.1, 0.15) is 5.75 Å². The lowest BCUT2D eigenvalue weighted by atomic mass is 10.0. The lowest BCUT2D eigenvalue weighted by Gasteiger charge is -2.08. The molecule has 0 saturated heterocycles. The molecule has 98 valence electrons. The molecular formula is C15H12Br2O2. The van der Waals surface area contributed by atoms with E-state index in [9.17, 15) is 4.79 Å². The van der Waals surface area contributed by atoms with Gasteiger partial charge >= 0.3 is 0 Å². The van der Waals surface area contributed by atoms with Crippen molar-refractivity contribution < 1.29 is 9.53 Å². The molecule has 0 fully saturated rings. The van der Waals surface area contributed by atoms with Crippen molar-refractivity contribution in [2.45, 2.75) is 6.42 Å². The fourth-order valence-electron chi connectivity index (χ4n) is 1.80. The predicted molar refractivity (Wildman–Crippen MR) is 82.9 cm³/mol. The van der Waals surface area contributed by atoms with E-state index in [-0.39, 0.29) is 5.78 Å². The first kappa shape index (κ1) is 14.3. The van der Waals surface area contributed by atoms with E-state index in [1.165, 1.54) is 0 Å². The Morgan fingerprint density at radius 3 is 2.32 bits per heavy atom. The van der Waals surface area contributed by atoms with Crippen molar-refractivity contribution in [2.75, 3.05) is 7.11 Å². The van der Waals surface area contributed by atoms with Crippen LogP contribution in [0.1, 0.15) is 15.9 Å². The minimum atomic E-state index is 0.0731. The van der Waals surface area contributed by atoms with E-state index in [0.29, 0.717) is 12.0 Å². The summed E-state index contributed by atoms with van der Waals surface area (Å²) in [6, 6.07) is 13.0. The van der Waals surface area contributed by atoms with Gasteiger partial charge in [-0.25, -0.2) is 0 Å². The molecular weight excluding hydrogens is 372 g/mol. The van der Waals surface area contributed by atoms with Gasteiger partial charge < -0.3 is 4.74 Å². The number of hydrogen-bond donors (Lipinski definition) is 0. The Labute approximate surface area is 129 Å². The van der Waals surface area contributed by atoms with Crippen LogP contribution < -0.4 is 4.74 Å². The molecule has 0 unspecified atom stereocenters. The van der Waals surface area contributed by atoms with Crippen LogP contribution in [0.15, 0.2) is 51.4 Å². The van der Waals surface area contributed by atoms with Gasteiger partial charge in [0.25, 0.3) is 0 Å². The van der Waals surface area contributed by atoms with Crippen molar-refractivity contribution in [2.24, 2.45) is 0 Å². The van der Waals surface area contributed by atoms with Crippen LogP contribution in [0.4, 0.5) is 0 Å². The third kappa shape index (κ3) is 3.67. The summed E-state index contributed by atoms with van der Waals surface area (Å²) in [7, 11) is 1.61. The van der Waals surface area contributed by atoms with E-state index in [4.69, 9.17) is 4.74 Å². The minimum Gasteiger partial charge on any atom is -0.496 e. The molecule has 0 heterocycles. The van der Waals surface area contributed by atoms with E-state index >= 15 is 0 Å². The monoisotopic (exact) mass is 382 g/mol. The Hall–Kier alpha value is -1.13. The topological polar surface area (TPSA) is 26.3 Å². The Morgan fingerprint density at radius 2 is 1.68 bits per heavy atom. The highest BCUT2D eigenvalue weighted by molar-refractivity contribution is 9.10. The van der Waals surface area contributed by atoms with E-state index < -0.39 is 0 Å². The summed E-state index contributed by atoms with van der Waals surface area (Å²) in [5, 5.41) is 0. The van der Waals surface area contributed by atoms with Crippen molar-refractivity contribution in [3.05, 3.63) is 62.5 Å². The van der Waals surface area contributed by atoms with E-state index in [2.05, 4.69) is 31.9 Å². The van der Waals surface area contributed by atoms with Crippen LogP contribution in [0.5, 0.6) is 5.75 Å². The summed E-state index contributed by atoms with van der Waals surface area (Å²) in [5.41, 5.74) is 1.58. The van der Waals surface area contributed by atoms with Crippen LogP contribution in [0.3, 0.4) is 0 Å². The molecule has 0 aliphatic heterocycles. The fourth-order valence-corrected chi connectivity index (χ4v) is 2.47. The van der Waals surface area contributed by atoms with Gasteiger partial charge in [-0.2, -0.15) is 0 Å². The molecule has 4 heteroatoms. The number of hydrogen-bond acceptors (Lipinski definition) is 2. The highest BCUT2D eigenvalue weighted by Crippen LogP contribution is 2.24. The first-order valence-electron chi connectivity index (χ1n) is 5.71. The predicted octanol–water partition coefficient (Wildman–Crippen LogP) is 4.65. The van der Waals surface area contributed by atoms with Crippen molar-refractivity contribution in [1.29, 1.82) is 0 Å². The number of halogens is 2. The SMILES string of the molecule is COc1ccc(Br)cc1CC(=O)c1ccc(Br)cc1. The van der Waals surface area contributed by atoms with Crippen LogP contribution in [0.2, 0.25) is 0 Å². The lowest BCUT2D eigenvalue weighted by molar-refractivity contribution is 0.0992.